The number of hydrogen-bond donors (Lipinski definition) is 1. The van der Waals surface area contributed by atoms with Crippen LogP contribution in [0, 0.1) is 13.8 Å². The molecule has 4 nitrogen and oxygen atoms in total. The third-order valence-corrected chi connectivity index (χ3v) is 3.73. The number of aromatic nitrogens is 3. The van der Waals surface area contributed by atoms with Crippen LogP contribution >= 0.6 is 0 Å². The van der Waals surface area contributed by atoms with Crippen LogP contribution in [0.25, 0.3) is 11.3 Å². The minimum absolute atomic E-state index is 0.550. The van der Waals surface area contributed by atoms with Crippen molar-refractivity contribution in [1.82, 2.24) is 15.0 Å². The molecule has 0 saturated heterocycles. The largest absolute Gasteiger partial charge is 0.370 e. The van der Waals surface area contributed by atoms with Crippen molar-refractivity contribution in [2.24, 2.45) is 0 Å². The maximum Gasteiger partial charge on any atom is 0.134 e. The number of nitrogens with zero attached hydrogens (tertiary/aromatic N) is 3. The molecule has 2 aromatic rings. The first-order valence-corrected chi connectivity index (χ1v) is 7.24. The molecule has 2 aromatic heterocycles. The number of anilines is 1. The van der Waals surface area contributed by atoms with Crippen molar-refractivity contribution in [3.63, 3.8) is 0 Å². The maximum atomic E-state index is 4.83. The van der Waals surface area contributed by atoms with Crippen LogP contribution in [-0.2, 0) is 0 Å². The second-order valence-corrected chi connectivity index (χ2v) is 5.40. The first-order chi connectivity index (χ1) is 9.70. The van der Waals surface area contributed by atoms with Gasteiger partial charge in [0.1, 0.15) is 11.6 Å². The van der Waals surface area contributed by atoms with Crippen molar-refractivity contribution in [2.45, 2.75) is 39.5 Å². The lowest BCUT2D eigenvalue weighted by Crippen LogP contribution is -2.08. The van der Waals surface area contributed by atoms with Crippen molar-refractivity contribution >= 4 is 5.82 Å². The molecule has 0 amide bonds. The molecule has 3 rings (SSSR count). The average molecular weight is 268 g/mol. The molecule has 0 spiro atoms. The molecule has 0 atom stereocenters. The highest BCUT2D eigenvalue weighted by molar-refractivity contribution is 5.70. The third-order valence-electron chi connectivity index (χ3n) is 3.73. The Labute approximate surface area is 119 Å². The topological polar surface area (TPSA) is 50.7 Å². The molecule has 0 unspecified atom stereocenters. The van der Waals surface area contributed by atoms with Crippen LogP contribution in [0.15, 0.2) is 18.5 Å². The highest BCUT2D eigenvalue weighted by atomic mass is 15.0. The zero-order chi connectivity index (χ0) is 14.1. The number of nitrogens with one attached hydrogen (secondary N) is 1. The molecule has 0 bridgehead atoms. The van der Waals surface area contributed by atoms with Crippen LogP contribution in [0.3, 0.4) is 0 Å². The first-order valence-electron chi connectivity index (χ1n) is 7.24. The zero-order valence-corrected chi connectivity index (χ0v) is 12.3. The summed E-state index contributed by atoms with van der Waals surface area (Å²) in [4.78, 5) is 13.7. The lowest BCUT2D eigenvalue weighted by Gasteiger charge is -2.14. The molecule has 4 heteroatoms. The maximum absolute atomic E-state index is 4.83. The SMILES string of the molecule is CCNc1nc(C2CC2)nc(-c2ccncc2C)c1C. The molecule has 1 aliphatic rings. The Hall–Kier alpha value is -1.97. The van der Waals surface area contributed by atoms with Crippen molar-refractivity contribution in [3.05, 3.63) is 35.4 Å². The fourth-order valence-electron chi connectivity index (χ4n) is 2.40. The number of pyridine rings is 1. The minimum atomic E-state index is 0.550. The highest BCUT2D eigenvalue weighted by Gasteiger charge is 2.28. The minimum Gasteiger partial charge on any atom is -0.370 e. The predicted octanol–water partition coefficient (Wildman–Crippen LogP) is 3.46. The van der Waals surface area contributed by atoms with Gasteiger partial charge in [0, 0.05) is 36.0 Å². The summed E-state index contributed by atoms with van der Waals surface area (Å²) in [5, 5.41) is 3.36. The summed E-state index contributed by atoms with van der Waals surface area (Å²) in [6, 6.07) is 2.04. The van der Waals surface area contributed by atoms with Gasteiger partial charge in [-0.05, 0) is 45.2 Å². The lowest BCUT2D eigenvalue weighted by atomic mass is 10.0. The number of aryl methyl sites for hydroxylation is 1. The van der Waals surface area contributed by atoms with E-state index in [2.05, 4.69) is 31.1 Å². The molecule has 1 fully saturated rings. The van der Waals surface area contributed by atoms with Crippen LogP contribution in [0.5, 0.6) is 0 Å². The molecule has 104 valence electrons. The summed E-state index contributed by atoms with van der Waals surface area (Å²) < 4.78 is 0. The fraction of sp³-hybridized carbons (Fsp3) is 0.438. The molecule has 1 aliphatic carbocycles. The Kier molecular flexibility index (Phi) is 3.38. The quantitative estimate of drug-likeness (QED) is 0.922. The van der Waals surface area contributed by atoms with Crippen molar-refractivity contribution in [3.8, 4) is 11.3 Å². The van der Waals surface area contributed by atoms with Crippen molar-refractivity contribution in [1.29, 1.82) is 0 Å². The van der Waals surface area contributed by atoms with Crippen LogP contribution in [0.2, 0.25) is 0 Å². The van der Waals surface area contributed by atoms with Gasteiger partial charge < -0.3 is 5.32 Å². The van der Waals surface area contributed by atoms with Gasteiger partial charge >= 0.3 is 0 Å². The van der Waals surface area contributed by atoms with E-state index in [1.165, 1.54) is 12.8 Å². The molecule has 2 heterocycles. The van der Waals surface area contributed by atoms with E-state index < -0.39 is 0 Å². The average Bonchev–Trinajstić information content (AvgIpc) is 3.27. The van der Waals surface area contributed by atoms with E-state index in [1.54, 1.807) is 0 Å². The molecule has 1 saturated carbocycles. The molecule has 0 radical (unpaired) electrons. The fourth-order valence-corrected chi connectivity index (χ4v) is 2.40. The third kappa shape index (κ3) is 2.38. The molecule has 0 aromatic carbocycles. The zero-order valence-electron chi connectivity index (χ0n) is 12.3. The molecular weight excluding hydrogens is 248 g/mol. The van der Waals surface area contributed by atoms with Gasteiger partial charge in [-0.25, -0.2) is 9.97 Å². The van der Waals surface area contributed by atoms with Crippen LogP contribution < -0.4 is 5.32 Å². The van der Waals surface area contributed by atoms with Gasteiger partial charge in [0.15, 0.2) is 0 Å². The van der Waals surface area contributed by atoms with E-state index in [1.807, 2.05) is 18.5 Å². The highest BCUT2D eigenvalue weighted by Crippen LogP contribution is 2.40. The summed E-state index contributed by atoms with van der Waals surface area (Å²) >= 11 is 0. The normalized spacial score (nSPS) is 14.3. The van der Waals surface area contributed by atoms with E-state index in [0.29, 0.717) is 5.92 Å². The predicted molar refractivity (Wildman–Crippen MR) is 80.9 cm³/mol. The number of hydrogen-bond acceptors (Lipinski definition) is 4. The van der Waals surface area contributed by atoms with Gasteiger partial charge in [-0.2, -0.15) is 0 Å². The van der Waals surface area contributed by atoms with Crippen molar-refractivity contribution < 1.29 is 0 Å². The van der Waals surface area contributed by atoms with Crippen LogP contribution in [-0.4, -0.2) is 21.5 Å². The smallest absolute Gasteiger partial charge is 0.134 e. The molecule has 20 heavy (non-hydrogen) atoms. The Balaban J connectivity index is 2.15. The van der Waals surface area contributed by atoms with Gasteiger partial charge in [-0.1, -0.05) is 0 Å². The van der Waals surface area contributed by atoms with E-state index >= 15 is 0 Å². The summed E-state index contributed by atoms with van der Waals surface area (Å²) in [5.41, 5.74) is 4.46. The summed E-state index contributed by atoms with van der Waals surface area (Å²) in [5.74, 6) is 2.50. The summed E-state index contributed by atoms with van der Waals surface area (Å²) in [7, 11) is 0. The second kappa shape index (κ2) is 5.19. The van der Waals surface area contributed by atoms with Gasteiger partial charge in [0.05, 0.1) is 5.69 Å². The standard InChI is InChI=1S/C16H20N4/c1-4-18-15-11(3)14(13-7-8-17-9-10(13)2)19-16(20-15)12-5-6-12/h7-9,12H,4-6H2,1-3H3,(H,18,19,20). The van der Waals surface area contributed by atoms with E-state index in [0.717, 1.165) is 40.6 Å². The van der Waals surface area contributed by atoms with E-state index in [4.69, 9.17) is 9.97 Å². The Morgan fingerprint density at radius 1 is 1.25 bits per heavy atom. The van der Waals surface area contributed by atoms with Gasteiger partial charge in [-0.15, -0.1) is 0 Å². The summed E-state index contributed by atoms with van der Waals surface area (Å²) in [6.07, 6.45) is 6.14. The van der Waals surface area contributed by atoms with Crippen molar-refractivity contribution in [2.75, 3.05) is 11.9 Å². The molecular formula is C16H20N4. The van der Waals surface area contributed by atoms with Gasteiger partial charge in [0.2, 0.25) is 0 Å². The Bertz CT molecular complexity index is 632. The lowest BCUT2D eigenvalue weighted by molar-refractivity contribution is 0.917. The van der Waals surface area contributed by atoms with Crippen LogP contribution in [0.1, 0.15) is 42.6 Å². The van der Waals surface area contributed by atoms with Crippen LogP contribution in [0.4, 0.5) is 5.82 Å². The number of rotatable bonds is 4. The molecule has 1 N–H and O–H groups in total. The Morgan fingerprint density at radius 3 is 2.70 bits per heavy atom. The first kappa shape index (κ1) is 13.0. The second-order valence-electron chi connectivity index (χ2n) is 5.40. The van der Waals surface area contributed by atoms with E-state index in [9.17, 15) is 0 Å². The Morgan fingerprint density at radius 2 is 2.05 bits per heavy atom. The van der Waals surface area contributed by atoms with Gasteiger partial charge in [-0.3, -0.25) is 4.98 Å². The molecule has 0 aliphatic heterocycles. The summed E-state index contributed by atoms with van der Waals surface area (Å²) in [6.45, 7) is 7.13. The van der Waals surface area contributed by atoms with Gasteiger partial charge in [0.25, 0.3) is 0 Å². The van der Waals surface area contributed by atoms with E-state index in [-0.39, 0.29) is 0 Å². The monoisotopic (exact) mass is 268 g/mol.